The van der Waals surface area contributed by atoms with E-state index in [9.17, 15) is 9.59 Å². The molecule has 0 spiro atoms. The van der Waals surface area contributed by atoms with Gasteiger partial charge in [-0.25, -0.2) is 0 Å². The Bertz CT molecular complexity index is 969. The lowest BCUT2D eigenvalue weighted by molar-refractivity contribution is -0.118. The average Bonchev–Trinajstić information content (AvgIpc) is 3.25. The maximum atomic E-state index is 12.1. The van der Waals surface area contributed by atoms with Crippen LogP contribution in [0.5, 0.6) is 5.75 Å². The normalized spacial score (nSPS) is 10.4. The van der Waals surface area contributed by atoms with Crippen LogP contribution in [0, 0.1) is 0 Å². The molecule has 2 amide bonds. The van der Waals surface area contributed by atoms with Gasteiger partial charge in [-0.15, -0.1) is 0 Å². The molecule has 0 saturated heterocycles. The lowest BCUT2D eigenvalue weighted by atomic mass is 10.2. The molecule has 1 heterocycles. The summed E-state index contributed by atoms with van der Waals surface area (Å²) in [5.74, 6) is 0.786. The van der Waals surface area contributed by atoms with Crippen molar-refractivity contribution < 1.29 is 18.7 Å². The van der Waals surface area contributed by atoms with Crippen LogP contribution >= 0.6 is 15.9 Å². The van der Waals surface area contributed by atoms with Crippen molar-refractivity contribution in [2.24, 2.45) is 0 Å². The molecule has 150 valence electrons. The van der Waals surface area contributed by atoms with Crippen LogP contribution in [0.2, 0.25) is 0 Å². The third-order valence-corrected chi connectivity index (χ3v) is 4.82. The molecule has 0 radical (unpaired) electrons. The van der Waals surface area contributed by atoms with Crippen LogP contribution in [-0.4, -0.2) is 18.4 Å². The summed E-state index contributed by atoms with van der Waals surface area (Å²) in [6.45, 7) is 2.27. The van der Waals surface area contributed by atoms with Gasteiger partial charge in [0.2, 0.25) is 0 Å². The summed E-state index contributed by atoms with van der Waals surface area (Å²) < 4.78 is 11.6. The highest BCUT2D eigenvalue weighted by Gasteiger charge is 2.09. The third kappa shape index (κ3) is 5.96. The van der Waals surface area contributed by atoms with Gasteiger partial charge < -0.3 is 19.8 Å². The fraction of sp³-hybridized carbons (Fsp3) is 0.182. The number of amides is 2. The van der Waals surface area contributed by atoms with E-state index in [0.717, 1.165) is 10.9 Å². The number of hydrogen-bond acceptors (Lipinski definition) is 4. The van der Waals surface area contributed by atoms with Crippen molar-refractivity contribution in [1.82, 2.24) is 5.32 Å². The molecule has 0 atom stereocenters. The molecule has 0 unspecified atom stereocenters. The van der Waals surface area contributed by atoms with Gasteiger partial charge in [0.05, 0.1) is 17.3 Å². The van der Waals surface area contributed by atoms with Crippen molar-refractivity contribution in [3.63, 3.8) is 0 Å². The monoisotopic (exact) mass is 456 g/mol. The molecule has 3 aromatic rings. The third-order valence-electron chi connectivity index (χ3n) is 4.20. The van der Waals surface area contributed by atoms with Crippen LogP contribution in [0.3, 0.4) is 0 Å². The van der Waals surface area contributed by atoms with E-state index < -0.39 is 0 Å². The average molecular weight is 457 g/mol. The second-order valence-electron chi connectivity index (χ2n) is 6.29. The number of carbonyl (C=O) groups is 2. The van der Waals surface area contributed by atoms with E-state index in [1.54, 1.807) is 42.7 Å². The highest BCUT2D eigenvalue weighted by atomic mass is 79.9. The first-order valence-corrected chi connectivity index (χ1v) is 9.96. The summed E-state index contributed by atoms with van der Waals surface area (Å²) in [5.41, 5.74) is 2.26. The van der Waals surface area contributed by atoms with E-state index in [1.165, 1.54) is 5.56 Å². The molecule has 6 nitrogen and oxygen atoms in total. The Labute approximate surface area is 177 Å². The van der Waals surface area contributed by atoms with Gasteiger partial charge in [0.25, 0.3) is 11.8 Å². The van der Waals surface area contributed by atoms with Crippen LogP contribution in [0.4, 0.5) is 5.69 Å². The molecular formula is C22H21BrN2O4. The molecule has 0 aliphatic carbocycles. The summed E-state index contributed by atoms with van der Waals surface area (Å²) in [4.78, 5) is 24.3. The summed E-state index contributed by atoms with van der Waals surface area (Å²) in [6, 6.07) is 16.0. The van der Waals surface area contributed by atoms with E-state index in [2.05, 4.69) is 33.5 Å². The second-order valence-corrected chi connectivity index (χ2v) is 7.15. The maximum Gasteiger partial charge on any atom is 0.262 e. The van der Waals surface area contributed by atoms with E-state index in [4.69, 9.17) is 9.15 Å². The fourth-order valence-corrected chi connectivity index (χ4v) is 3.15. The number of ether oxygens (including phenoxy) is 1. The number of halogens is 1. The Morgan fingerprint density at radius 1 is 1.10 bits per heavy atom. The summed E-state index contributed by atoms with van der Waals surface area (Å²) >= 11 is 3.45. The first-order chi connectivity index (χ1) is 14.0. The smallest absolute Gasteiger partial charge is 0.262 e. The molecule has 2 aromatic carbocycles. The minimum atomic E-state index is -0.286. The molecule has 0 aliphatic heterocycles. The predicted octanol–water partition coefficient (Wildman–Crippen LogP) is 4.55. The van der Waals surface area contributed by atoms with Gasteiger partial charge in [-0.2, -0.15) is 0 Å². The maximum absolute atomic E-state index is 12.1. The summed E-state index contributed by atoms with van der Waals surface area (Å²) in [7, 11) is 0. The van der Waals surface area contributed by atoms with Gasteiger partial charge in [-0.1, -0.05) is 13.0 Å². The number of rotatable bonds is 8. The van der Waals surface area contributed by atoms with E-state index in [-0.39, 0.29) is 18.4 Å². The number of carbonyl (C=O) groups excluding carboxylic acids is 2. The van der Waals surface area contributed by atoms with Crippen molar-refractivity contribution in [3.05, 3.63) is 82.2 Å². The van der Waals surface area contributed by atoms with Crippen molar-refractivity contribution in [1.29, 1.82) is 0 Å². The molecule has 7 heteroatoms. The molecule has 0 aliphatic rings. The topological polar surface area (TPSA) is 80.6 Å². The molecule has 0 bridgehead atoms. The standard InChI is InChI=1S/C22H21BrN2O4/c1-2-15-5-10-20(19(23)12-15)29-14-21(26)25-17-8-6-16(7-9-17)22(27)24-13-18-4-3-11-28-18/h3-12H,2,13-14H2,1H3,(H,24,27)(H,25,26). The van der Waals surface area contributed by atoms with Crippen molar-refractivity contribution in [2.75, 3.05) is 11.9 Å². The molecule has 0 saturated carbocycles. The molecule has 0 fully saturated rings. The zero-order valence-corrected chi connectivity index (χ0v) is 17.5. The Hall–Kier alpha value is -3.06. The van der Waals surface area contributed by atoms with Crippen molar-refractivity contribution in [3.8, 4) is 5.75 Å². The van der Waals surface area contributed by atoms with Gasteiger partial charge >= 0.3 is 0 Å². The molecule has 2 N–H and O–H groups in total. The zero-order valence-electron chi connectivity index (χ0n) is 15.9. The number of anilines is 1. The van der Waals surface area contributed by atoms with Crippen LogP contribution in [-0.2, 0) is 17.8 Å². The van der Waals surface area contributed by atoms with Crippen molar-refractivity contribution >= 4 is 33.4 Å². The number of hydrogen-bond donors (Lipinski definition) is 2. The Balaban J connectivity index is 1.48. The Morgan fingerprint density at radius 3 is 2.55 bits per heavy atom. The zero-order chi connectivity index (χ0) is 20.6. The summed E-state index contributed by atoms with van der Waals surface area (Å²) in [6.07, 6.45) is 2.48. The summed E-state index contributed by atoms with van der Waals surface area (Å²) in [5, 5.41) is 5.52. The van der Waals surface area contributed by atoms with Crippen LogP contribution in [0.25, 0.3) is 0 Å². The first-order valence-electron chi connectivity index (χ1n) is 9.17. The highest BCUT2D eigenvalue weighted by Crippen LogP contribution is 2.26. The largest absolute Gasteiger partial charge is 0.483 e. The SMILES string of the molecule is CCc1ccc(OCC(=O)Nc2ccc(C(=O)NCc3ccco3)cc2)c(Br)c1. The van der Waals surface area contributed by atoms with Crippen LogP contribution < -0.4 is 15.4 Å². The van der Waals surface area contributed by atoms with Crippen molar-refractivity contribution in [2.45, 2.75) is 19.9 Å². The van der Waals surface area contributed by atoms with Crippen LogP contribution in [0.15, 0.2) is 69.8 Å². The van der Waals surface area contributed by atoms with Gasteiger partial charge in [0, 0.05) is 11.3 Å². The lowest BCUT2D eigenvalue weighted by Crippen LogP contribution is -2.23. The number of aryl methyl sites for hydroxylation is 1. The quantitative estimate of drug-likeness (QED) is 0.520. The molecule has 29 heavy (non-hydrogen) atoms. The van der Waals surface area contributed by atoms with E-state index in [1.807, 2.05) is 18.2 Å². The van der Waals surface area contributed by atoms with Gasteiger partial charge in [0.15, 0.2) is 6.61 Å². The van der Waals surface area contributed by atoms with Crippen LogP contribution in [0.1, 0.15) is 28.6 Å². The highest BCUT2D eigenvalue weighted by molar-refractivity contribution is 9.10. The fourth-order valence-electron chi connectivity index (χ4n) is 2.61. The molecule has 1 aromatic heterocycles. The van der Waals surface area contributed by atoms with Gasteiger partial charge in [-0.05, 0) is 76.4 Å². The van der Waals surface area contributed by atoms with E-state index >= 15 is 0 Å². The molecular weight excluding hydrogens is 436 g/mol. The predicted molar refractivity (Wildman–Crippen MR) is 114 cm³/mol. The van der Waals surface area contributed by atoms with Gasteiger partial charge in [-0.3, -0.25) is 9.59 Å². The Kier molecular flexibility index (Phi) is 7.08. The second kappa shape index (κ2) is 9.93. The van der Waals surface area contributed by atoms with Gasteiger partial charge in [0.1, 0.15) is 11.5 Å². The minimum Gasteiger partial charge on any atom is -0.483 e. The number of furan rings is 1. The lowest BCUT2D eigenvalue weighted by Gasteiger charge is -2.10. The molecule has 3 rings (SSSR count). The Morgan fingerprint density at radius 2 is 1.90 bits per heavy atom. The van der Waals surface area contributed by atoms with E-state index in [0.29, 0.717) is 29.3 Å². The number of nitrogens with one attached hydrogen (secondary N) is 2. The number of benzene rings is 2. The minimum absolute atomic E-state index is 0.116. The first kappa shape index (κ1) is 20.7.